The van der Waals surface area contributed by atoms with Crippen molar-refractivity contribution >= 4 is 22.7 Å². The summed E-state index contributed by atoms with van der Waals surface area (Å²) in [6.07, 6.45) is 7.96. The van der Waals surface area contributed by atoms with Gasteiger partial charge in [-0.1, -0.05) is 25.0 Å². The lowest BCUT2D eigenvalue weighted by Gasteiger charge is -2.44. The number of nitrogens with zero attached hydrogens (tertiary/aromatic N) is 3. The molecule has 0 radical (unpaired) electrons. The van der Waals surface area contributed by atoms with Gasteiger partial charge in [0.25, 0.3) is 0 Å². The topological polar surface area (TPSA) is 55.0 Å². The first-order chi connectivity index (χ1) is 10.3. The summed E-state index contributed by atoms with van der Waals surface area (Å²) in [6, 6.07) is 8.60. The van der Waals surface area contributed by atoms with Crippen molar-refractivity contribution in [1.29, 1.82) is 0 Å². The zero-order chi connectivity index (χ0) is 14.2. The predicted molar refractivity (Wildman–Crippen MR) is 86.3 cm³/mol. The smallest absolute Gasteiger partial charge is 0.172 e. The Balaban J connectivity index is 1.75. The van der Waals surface area contributed by atoms with E-state index >= 15 is 0 Å². The molecule has 0 unspecified atom stereocenters. The Labute approximate surface area is 125 Å². The minimum Gasteiger partial charge on any atom is -0.381 e. The second-order valence-electron chi connectivity index (χ2n) is 6.37. The van der Waals surface area contributed by atoms with Crippen molar-refractivity contribution in [2.75, 3.05) is 17.2 Å². The van der Waals surface area contributed by atoms with Crippen molar-refractivity contribution in [3.05, 3.63) is 24.3 Å². The van der Waals surface area contributed by atoms with Crippen LogP contribution in [0, 0.1) is 5.92 Å². The number of benzene rings is 1. The van der Waals surface area contributed by atoms with Crippen LogP contribution in [-0.4, -0.2) is 22.6 Å². The van der Waals surface area contributed by atoms with Crippen LogP contribution in [0.15, 0.2) is 24.3 Å². The van der Waals surface area contributed by atoms with Crippen LogP contribution < -0.4 is 10.6 Å². The van der Waals surface area contributed by atoms with E-state index in [0.717, 1.165) is 29.3 Å². The molecule has 2 aliphatic rings. The molecule has 4 nitrogen and oxygen atoms in total. The molecular formula is C17H22N4. The van der Waals surface area contributed by atoms with Crippen molar-refractivity contribution < 1.29 is 0 Å². The van der Waals surface area contributed by atoms with E-state index in [1.165, 1.54) is 38.5 Å². The maximum absolute atomic E-state index is 6.22. The van der Waals surface area contributed by atoms with Gasteiger partial charge in [-0.05, 0) is 43.7 Å². The van der Waals surface area contributed by atoms with E-state index in [1.54, 1.807) is 0 Å². The zero-order valence-corrected chi connectivity index (χ0v) is 12.3. The SMILES string of the molecule is Nc1nc2ccccc2nc1N1CCC[C@H]2CCCC[C@H]21. The summed E-state index contributed by atoms with van der Waals surface area (Å²) in [6.45, 7) is 1.07. The van der Waals surface area contributed by atoms with Crippen LogP contribution >= 0.6 is 0 Å². The summed E-state index contributed by atoms with van der Waals surface area (Å²) >= 11 is 0. The quantitative estimate of drug-likeness (QED) is 0.871. The van der Waals surface area contributed by atoms with Crippen LogP contribution in [0.2, 0.25) is 0 Å². The van der Waals surface area contributed by atoms with Gasteiger partial charge in [-0.2, -0.15) is 0 Å². The van der Waals surface area contributed by atoms with Crippen molar-refractivity contribution in [2.24, 2.45) is 5.92 Å². The highest BCUT2D eigenvalue weighted by molar-refractivity contribution is 5.79. The number of piperidine rings is 1. The molecule has 0 spiro atoms. The summed E-state index contributed by atoms with van der Waals surface area (Å²) in [4.78, 5) is 11.8. The third kappa shape index (κ3) is 2.23. The predicted octanol–water partition coefficient (Wildman–Crippen LogP) is 3.37. The molecule has 2 heterocycles. The lowest BCUT2D eigenvalue weighted by atomic mass is 9.78. The summed E-state index contributed by atoms with van der Waals surface area (Å²) in [7, 11) is 0. The van der Waals surface area contributed by atoms with E-state index in [0.29, 0.717) is 11.9 Å². The van der Waals surface area contributed by atoms with Gasteiger partial charge in [-0.15, -0.1) is 0 Å². The first kappa shape index (κ1) is 12.9. The first-order valence-corrected chi connectivity index (χ1v) is 8.12. The Morgan fingerprint density at radius 2 is 1.67 bits per heavy atom. The molecule has 110 valence electrons. The fourth-order valence-electron chi connectivity index (χ4n) is 4.10. The largest absolute Gasteiger partial charge is 0.381 e. The second kappa shape index (κ2) is 5.17. The normalized spacial score (nSPS) is 25.8. The zero-order valence-electron chi connectivity index (χ0n) is 12.3. The van der Waals surface area contributed by atoms with Crippen molar-refractivity contribution in [2.45, 2.75) is 44.6 Å². The highest BCUT2D eigenvalue weighted by Gasteiger charge is 2.34. The van der Waals surface area contributed by atoms with E-state index in [1.807, 2.05) is 24.3 Å². The van der Waals surface area contributed by atoms with Gasteiger partial charge in [-0.3, -0.25) is 0 Å². The third-order valence-corrected chi connectivity index (χ3v) is 5.09. The Morgan fingerprint density at radius 3 is 2.52 bits per heavy atom. The lowest BCUT2D eigenvalue weighted by molar-refractivity contribution is 0.243. The summed E-state index contributed by atoms with van der Waals surface area (Å²) in [5.74, 6) is 2.31. The van der Waals surface area contributed by atoms with E-state index in [2.05, 4.69) is 9.88 Å². The summed E-state index contributed by atoms with van der Waals surface area (Å²) in [5.41, 5.74) is 8.05. The number of anilines is 2. The lowest BCUT2D eigenvalue weighted by Crippen LogP contribution is -2.47. The number of nitrogens with two attached hydrogens (primary N) is 1. The Hall–Kier alpha value is -1.84. The fraction of sp³-hybridized carbons (Fsp3) is 0.529. The number of para-hydroxylation sites is 2. The van der Waals surface area contributed by atoms with Gasteiger partial charge in [-0.25, -0.2) is 9.97 Å². The van der Waals surface area contributed by atoms with Crippen molar-refractivity contribution in [3.8, 4) is 0 Å². The average molecular weight is 282 g/mol. The minimum absolute atomic E-state index is 0.583. The number of nitrogen functional groups attached to an aromatic ring is 1. The Morgan fingerprint density at radius 1 is 0.952 bits per heavy atom. The molecule has 4 heteroatoms. The molecule has 2 fully saturated rings. The number of hydrogen-bond donors (Lipinski definition) is 1. The molecule has 2 N–H and O–H groups in total. The number of fused-ring (bicyclic) bond motifs is 2. The first-order valence-electron chi connectivity index (χ1n) is 8.12. The molecule has 21 heavy (non-hydrogen) atoms. The van der Waals surface area contributed by atoms with E-state index in [4.69, 9.17) is 10.7 Å². The van der Waals surface area contributed by atoms with Gasteiger partial charge in [0.2, 0.25) is 0 Å². The van der Waals surface area contributed by atoms with Crippen LogP contribution in [0.3, 0.4) is 0 Å². The highest BCUT2D eigenvalue weighted by atomic mass is 15.2. The molecule has 0 bridgehead atoms. The third-order valence-electron chi connectivity index (χ3n) is 5.09. The Kier molecular flexibility index (Phi) is 3.17. The van der Waals surface area contributed by atoms with E-state index in [9.17, 15) is 0 Å². The van der Waals surface area contributed by atoms with E-state index < -0.39 is 0 Å². The van der Waals surface area contributed by atoms with Gasteiger partial charge < -0.3 is 10.6 Å². The minimum atomic E-state index is 0.583. The standard InChI is InChI=1S/C17H22N4/c18-16-17(20-14-9-3-2-8-13(14)19-16)21-11-5-7-12-6-1-4-10-15(12)21/h2-3,8-9,12,15H,1,4-7,10-11H2,(H2,18,19)/t12-,15-/m1/s1. The van der Waals surface area contributed by atoms with Gasteiger partial charge in [0.15, 0.2) is 11.6 Å². The van der Waals surface area contributed by atoms with Crippen LogP contribution in [-0.2, 0) is 0 Å². The molecule has 2 atom stereocenters. The average Bonchev–Trinajstić information content (AvgIpc) is 2.54. The molecule has 1 saturated heterocycles. The highest BCUT2D eigenvalue weighted by Crippen LogP contribution is 2.38. The number of hydrogen-bond acceptors (Lipinski definition) is 4. The molecule has 4 rings (SSSR count). The molecule has 1 aliphatic carbocycles. The van der Waals surface area contributed by atoms with Gasteiger partial charge >= 0.3 is 0 Å². The van der Waals surface area contributed by atoms with Crippen molar-refractivity contribution in [3.63, 3.8) is 0 Å². The van der Waals surface area contributed by atoms with Gasteiger partial charge in [0.1, 0.15) is 0 Å². The van der Waals surface area contributed by atoms with Crippen LogP contribution in [0.4, 0.5) is 11.6 Å². The van der Waals surface area contributed by atoms with Crippen molar-refractivity contribution in [1.82, 2.24) is 9.97 Å². The number of rotatable bonds is 1. The maximum atomic E-state index is 6.22. The summed E-state index contributed by atoms with van der Waals surface area (Å²) < 4.78 is 0. The molecular weight excluding hydrogens is 260 g/mol. The van der Waals surface area contributed by atoms with E-state index in [-0.39, 0.29) is 0 Å². The molecule has 1 aliphatic heterocycles. The molecule has 1 aromatic carbocycles. The molecule has 1 aromatic heterocycles. The number of aromatic nitrogens is 2. The van der Waals surface area contributed by atoms with Crippen LogP contribution in [0.25, 0.3) is 11.0 Å². The molecule has 0 amide bonds. The van der Waals surface area contributed by atoms with Crippen LogP contribution in [0.1, 0.15) is 38.5 Å². The molecule has 2 aromatic rings. The van der Waals surface area contributed by atoms with Gasteiger partial charge in [0.05, 0.1) is 11.0 Å². The van der Waals surface area contributed by atoms with Crippen LogP contribution in [0.5, 0.6) is 0 Å². The Bertz CT molecular complexity index is 652. The molecule has 1 saturated carbocycles. The maximum Gasteiger partial charge on any atom is 0.172 e. The fourth-order valence-corrected chi connectivity index (χ4v) is 4.10. The monoisotopic (exact) mass is 282 g/mol. The second-order valence-corrected chi connectivity index (χ2v) is 6.37. The summed E-state index contributed by atoms with van der Waals surface area (Å²) in [5, 5.41) is 0. The van der Waals surface area contributed by atoms with Gasteiger partial charge in [0, 0.05) is 12.6 Å².